The first-order valence-electron chi connectivity index (χ1n) is 5.53. The van der Waals surface area contributed by atoms with E-state index in [2.05, 4.69) is 4.98 Å². The Morgan fingerprint density at radius 1 is 1.50 bits per heavy atom. The topological polar surface area (TPSA) is 79.7 Å². The molecule has 0 aliphatic carbocycles. The number of carbonyl (C=O) groups is 2. The molecule has 0 aromatic carbocycles. The number of anilines is 1. The van der Waals surface area contributed by atoms with E-state index in [0.717, 1.165) is 0 Å². The largest absolute Gasteiger partial charge is 0.481 e. The first-order chi connectivity index (χ1) is 8.45. The average molecular weight is 272 g/mol. The second kappa shape index (κ2) is 6.34. The molecule has 0 fully saturated rings. The standard InChI is InChI=1S/C11H16N2O4S/c1-4-17-10(16)9-7(2)12-11(18-9)13(3)6-5-8(14)15/h4-6H2,1-3H3,(H,14,15). The van der Waals surface area contributed by atoms with Crippen molar-refractivity contribution in [3.05, 3.63) is 10.6 Å². The molecule has 0 saturated carbocycles. The van der Waals surface area contributed by atoms with Crippen LogP contribution in [0.1, 0.15) is 28.7 Å². The summed E-state index contributed by atoms with van der Waals surface area (Å²) in [5.74, 6) is -1.24. The van der Waals surface area contributed by atoms with Gasteiger partial charge in [0.25, 0.3) is 0 Å². The molecule has 6 nitrogen and oxygen atoms in total. The van der Waals surface area contributed by atoms with E-state index in [0.29, 0.717) is 28.9 Å². The molecule has 1 heterocycles. The van der Waals surface area contributed by atoms with Gasteiger partial charge >= 0.3 is 11.9 Å². The Balaban J connectivity index is 2.76. The highest BCUT2D eigenvalue weighted by atomic mass is 32.1. The maximum atomic E-state index is 11.6. The van der Waals surface area contributed by atoms with Crippen LogP contribution in [0, 0.1) is 6.92 Å². The molecule has 0 aliphatic heterocycles. The molecule has 1 rings (SSSR count). The molecule has 0 atom stereocenters. The van der Waals surface area contributed by atoms with Gasteiger partial charge in [-0.05, 0) is 13.8 Å². The van der Waals surface area contributed by atoms with Crippen molar-refractivity contribution in [1.82, 2.24) is 4.98 Å². The van der Waals surface area contributed by atoms with E-state index in [1.165, 1.54) is 11.3 Å². The van der Waals surface area contributed by atoms with E-state index in [1.54, 1.807) is 25.8 Å². The van der Waals surface area contributed by atoms with E-state index in [9.17, 15) is 9.59 Å². The van der Waals surface area contributed by atoms with Crippen molar-refractivity contribution < 1.29 is 19.4 Å². The quantitative estimate of drug-likeness (QED) is 0.791. The number of nitrogens with zero attached hydrogens (tertiary/aromatic N) is 2. The summed E-state index contributed by atoms with van der Waals surface area (Å²) in [6, 6.07) is 0. The van der Waals surface area contributed by atoms with E-state index >= 15 is 0 Å². The first kappa shape index (κ1) is 14.4. The Hall–Kier alpha value is -1.63. The number of carboxylic acid groups (broad SMARTS) is 1. The lowest BCUT2D eigenvalue weighted by atomic mass is 10.4. The van der Waals surface area contributed by atoms with Gasteiger partial charge in [0.2, 0.25) is 0 Å². The molecule has 18 heavy (non-hydrogen) atoms. The van der Waals surface area contributed by atoms with Crippen LogP contribution < -0.4 is 4.90 Å². The molecule has 0 bridgehead atoms. The highest BCUT2D eigenvalue weighted by Crippen LogP contribution is 2.26. The van der Waals surface area contributed by atoms with Crippen LogP contribution in [-0.2, 0) is 9.53 Å². The zero-order valence-corrected chi connectivity index (χ0v) is 11.4. The number of carboxylic acids is 1. The molecule has 1 aromatic rings. The number of aromatic nitrogens is 1. The van der Waals surface area contributed by atoms with E-state index < -0.39 is 5.97 Å². The van der Waals surface area contributed by atoms with Gasteiger partial charge in [0.05, 0.1) is 18.7 Å². The lowest BCUT2D eigenvalue weighted by Crippen LogP contribution is -2.20. The Bertz CT molecular complexity index is 444. The number of hydrogen-bond acceptors (Lipinski definition) is 6. The minimum absolute atomic E-state index is 0.0316. The van der Waals surface area contributed by atoms with Crippen molar-refractivity contribution in [3.63, 3.8) is 0 Å². The van der Waals surface area contributed by atoms with Crippen molar-refractivity contribution in [3.8, 4) is 0 Å². The number of rotatable bonds is 6. The van der Waals surface area contributed by atoms with Crippen LogP contribution in [0.15, 0.2) is 0 Å². The van der Waals surface area contributed by atoms with Crippen LogP contribution in [0.25, 0.3) is 0 Å². The summed E-state index contributed by atoms with van der Waals surface area (Å²) in [6.45, 7) is 4.15. The molecule has 1 N–H and O–H groups in total. The highest BCUT2D eigenvalue weighted by molar-refractivity contribution is 7.17. The van der Waals surface area contributed by atoms with Gasteiger partial charge in [-0.25, -0.2) is 9.78 Å². The predicted octanol–water partition coefficient (Wildman–Crippen LogP) is 1.54. The first-order valence-corrected chi connectivity index (χ1v) is 6.34. The zero-order valence-electron chi connectivity index (χ0n) is 10.6. The van der Waals surface area contributed by atoms with Gasteiger partial charge in [0, 0.05) is 13.6 Å². The molecule has 100 valence electrons. The van der Waals surface area contributed by atoms with Crippen molar-refractivity contribution >= 4 is 28.4 Å². The summed E-state index contributed by atoms with van der Waals surface area (Å²) in [6.07, 6.45) is 0.0316. The minimum Gasteiger partial charge on any atom is -0.481 e. The summed E-state index contributed by atoms with van der Waals surface area (Å²) in [7, 11) is 1.75. The Kier molecular flexibility index (Phi) is 5.08. The summed E-state index contributed by atoms with van der Waals surface area (Å²) >= 11 is 1.21. The van der Waals surface area contributed by atoms with Crippen molar-refractivity contribution in [2.45, 2.75) is 20.3 Å². The Morgan fingerprint density at radius 3 is 2.72 bits per heavy atom. The molecule has 0 radical (unpaired) electrons. The summed E-state index contributed by atoms with van der Waals surface area (Å²) in [5.41, 5.74) is 0.607. The summed E-state index contributed by atoms with van der Waals surface area (Å²) < 4.78 is 4.92. The number of carbonyl (C=O) groups excluding carboxylic acids is 1. The van der Waals surface area contributed by atoms with Gasteiger partial charge in [-0.1, -0.05) is 11.3 Å². The molecule has 1 aromatic heterocycles. The fourth-order valence-corrected chi connectivity index (χ4v) is 2.24. The van der Waals surface area contributed by atoms with Crippen molar-refractivity contribution in [1.29, 1.82) is 0 Å². The van der Waals surface area contributed by atoms with Gasteiger partial charge in [0.1, 0.15) is 4.88 Å². The van der Waals surface area contributed by atoms with Crippen LogP contribution in [0.3, 0.4) is 0 Å². The van der Waals surface area contributed by atoms with E-state index in [4.69, 9.17) is 9.84 Å². The lowest BCUT2D eigenvalue weighted by Gasteiger charge is -2.13. The monoisotopic (exact) mass is 272 g/mol. The molecule has 0 saturated heterocycles. The normalized spacial score (nSPS) is 10.2. The molecule has 7 heteroatoms. The third-order valence-corrected chi connectivity index (χ3v) is 3.49. The molecule has 0 amide bonds. The van der Waals surface area contributed by atoms with E-state index in [1.807, 2.05) is 0 Å². The molecule has 0 spiro atoms. The minimum atomic E-state index is -0.860. The second-order valence-corrected chi connectivity index (χ2v) is 4.67. The van der Waals surface area contributed by atoms with Crippen LogP contribution in [0.2, 0.25) is 0 Å². The van der Waals surface area contributed by atoms with Gasteiger partial charge in [-0.15, -0.1) is 0 Å². The van der Waals surface area contributed by atoms with Gasteiger partial charge in [0.15, 0.2) is 5.13 Å². The predicted molar refractivity (Wildman–Crippen MR) is 68.3 cm³/mol. The number of esters is 1. The van der Waals surface area contributed by atoms with Crippen LogP contribution in [-0.4, -0.2) is 42.2 Å². The summed E-state index contributed by atoms with van der Waals surface area (Å²) in [4.78, 5) is 28.5. The van der Waals surface area contributed by atoms with Crippen LogP contribution in [0.5, 0.6) is 0 Å². The molecule has 0 aliphatic rings. The molecular weight excluding hydrogens is 256 g/mol. The number of hydrogen-bond donors (Lipinski definition) is 1. The van der Waals surface area contributed by atoms with Gasteiger partial charge in [-0.3, -0.25) is 4.79 Å². The highest BCUT2D eigenvalue weighted by Gasteiger charge is 2.18. The van der Waals surface area contributed by atoms with Crippen LogP contribution in [0.4, 0.5) is 5.13 Å². The summed E-state index contributed by atoms with van der Waals surface area (Å²) in [5, 5.41) is 9.23. The van der Waals surface area contributed by atoms with Gasteiger partial charge in [-0.2, -0.15) is 0 Å². The smallest absolute Gasteiger partial charge is 0.350 e. The molecule has 0 unspecified atom stereocenters. The Morgan fingerprint density at radius 2 is 2.17 bits per heavy atom. The van der Waals surface area contributed by atoms with Gasteiger partial charge < -0.3 is 14.7 Å². The average Bonchev–Trinajstić information content (AvgIpc) is 2.68. The van der Waals surface area contributed by atoms with Crippen LogP contribution >= 0.6 is 11.3 Å². The number of aryl methyl sites for hydroxylation is 1. The van der Waals surface area contributed by atoms with E-state index in [-0.39, 0.29) is 12.4 Å². The fraction of sp³-hybridized carbons (Fsp3) is 0.545. The fourth-order valence-electron chi connectivity index (χ4n) is 1.29. The maximum Gasteiger partial charge on any atom is 0.350 e. The Labute approximate surface area is 109 Å². The SMILES string of the molecule is CCOC(=O)c1sc(N(C)CCC(=O)O)nc1C. The molecular formula is C11H16N2O4S. The third-order valence-electron chi connectivity index (χ3n) is 2.23. The zero-order chi connectivity index (χ0) is 13.7. The number of thiazole rings is 1. The van der Waals surface area contributed by atoms with Crippen molar-refractivity contribution in [2.24, 2.45) is 0 Å². The second-order valence-electron chi connectivity index (χ2n) is 3.70. The lowest BCUT2D eigenvalue weighted by molar-refractivity contribution is -0.136. The maximum absolute atomic E-state index is 11.6. The van der Waals surface area contributed by atoms with Crippen molar-refractivity contribution in [2.75, 3.05) is 25.1 Å². The number of aliphatic carboxylic acids is 1. The third kappa shape index (κ3) is 3.69. The number of ether oxygens (including phenoxy) is 1.